The van der Waals surface area contributed by atoms with Crippen LogP contribution < -0.4 is 5.32 Å². The molecule has 0 fully saturated rings. The molecule has 0 aromatic carbocycles. The Kier molecular flexibility index (Phi) is 8.70. The minimum Gasteiger partial charge on any atom is -0.356 e. The lowest BCUT2D eigenvalue weighted by Gasteiger charge is -2.02. The summed E-state index contributed by atoms with van der Waals surface area (Å²) in [7, 11) is 0. The lowest BCUT2D eigenvalue weighted by molar-refractivity contribution is -0.121. The molecule has 0 aliphatic carbocycles. The van der Waals surface area contributed by atoms with Crippen LogP contribution in [0.2, 0.25) is 0 Å². The SMILES string of the molecule is C#CCCCCC(=O)NCCCC#C. The van der Waals surface area contributed by atoms with Crippen molar-refractivity contribution in [2.24, 2.45) is 0 Å². The summed E-state index contributed by atoms with van der Waals surface area (Å²) in [6.45, 7) is 0.679. The molecule has 0 aliphatic rings. The molecule has 0 aromatic heterocycles. The van der Waals surface area contributed by atoms with E-state index in [0.717, 1.165) is 32.1 Å². The van der Waals surface area contributed by atoms with E-state index in [1.165, 1.54) is 0 Å². The van der Waals surface area contributed by atoms with Gasteiger partial charge in [0.2, 0.25) is 5.91 Å². The molecule has 0 atom stereocenters. The van der Waals surface area contributed by atoms with E-state index in [2.05, 4.69) is 17.2 Å². The maximum atomic E-state index is 11.2. The third-order valence-corrected chi connectivity index (χ3v) is 1.80. The lowest BCUT2D eigenvalue weighted by Crippen LogP contribution is -2.23. The summed E-state index contributed by atoms with van der Waals surface area (Å²) < 4.78 is 0. The Balaban J connectivity index is 3.21. The van der Waals surface area contributed by atoms with E-state index in [0.29, 0.717) is 13.0 Å². The van der Waals surface area contributed by atoms with Crippen molar-refractivity contribution in [1.29, 1.82) is 0 Å². The van der Waals surface area contributed by atoms with E-state index in [1.807, 2.05) is 0 Å². The van der Waals surface area contributed by atoms with Gasteiger partial charge in [-0.2, -0.15) is 0 Å². The van der Waals surface area contributed by atoms with Crippen LogP contribution in [-0.4, -0.2) is 12.5 Å². The van der Waals surface area contributed by atoms with Crippen LogP contribution >= 0.6 is 0 Å². The van der Waals surface area contributed by atoms with Crippen LogP contribution in [0.5, 0.6) is 0 Å². The van der Waals surface area contributed by atoms with Crippen LogP contribution in [0.25, 0.3) is 0 Å². The Morgan fingerprint density at radius 3 is 2.36 bits per heavy atom. The van der Waals surface area contributed by atoms with Gasteiger partial charge in [-0.05, 0) is 19.3 Å². The van der Waals surface area contributed by atoms with Gasteiger partial charge in [0, 0.05) is 25.8 Å². The van der Waals surface area contributed by atoms with Crippen LogP contribution in [0.1, 0.15) is 38.5 Å². The highest BCUT2D eigenvalue weighted by Gasteiger charge is 1.98. The second kappa shape index (κ2) is 9.68. The van der Waals surface area contributed by atoms with Gasteiger partial charge in [-0.1, -0.05) is 0 Å². The standard InChI is InChI=1S/C12H17NO/c1-3-5-7-8-10-12(14)13-11-9-6-4-2/h1-2H,5-11H2,(H,13,14). The van der Waals surface area contributed by atoms with Crippen molar-refractivity contribution < 1.29 is 4.79 Å². The number of nitrogens with one attached hydrogen (secondary N) is 1. The van der Waals surface area contributed by atoms with E-state index < -0.39 is 0 Å². The van der Waals surface area contributed by atoms with Crippen molar-refractivity contribution in [1.82, 2.24) is 5.32 Å². The number of terminal acetylenes is 2. The Morgan fingerprint density at radius 1 is 1.07 bits per heavy atom. The van der Waals surface area contributed by atoms with E-state index >= 15 is 0 Å². The Labute approximate surface area is 86.5 Å². The monoisotopic (exact) mass is 191 g/mol. The van der Waals surface area contributed by atoms with Gasteiger partial charge < -0.3 is 5.32 Å². The summed E-state index contributed by atoms with van der Waals surface area (Å²) in [5.74, 6) is 5.17. The molecular weight excluding hydrogens is 174 g/mol. The number of carbonyl (C=O) groups is 1. The average molecular weight is 191 g/mol. The first-order chi connectivity index (χ1) is 6.81. The molecule has 0 unspecified atom stereocenters. The van der Waals surface area contributed by atoms with Crippen molar-refractivity contribution in [3.8, 4) is 24.7 Å². The van der Waals surface area contributed by atoms with Crippen LogP contribution in [0.4, 0.5) is 0 Å². The van der Waals surface area contributed by atoms with Crippen LogP contribution in [-0.2, 0) is 4.79 Å². The van der Waals surface area contributed by atoms with Crippen molar-refractivity contribution in [3.05, 3.63) is 0 Å². The Morgan fingerprint density at radius 2 is 1.71 bits per heavy atom. The van der Waals surface area contributed by atoms with Crippen LogP contribution in [0.15, 0.2) is 0 Å². The number of hydrogen-bond acceptors (Lipinski definition) is 1. The third kappa shape index (κ3) is 8.68. The molecule has 2 nitrogen and oxygen atoms in total. The fourth-order valence-electron chi connectivity index (χ4n) is 1.02. The van der Waals surface area contributed by atoms with Gasteiger partial charge in [0.05, 0.1) is 0 Å². The molecule has 14 heavy (non-hydrogen) atoms. The van der Waals surface area contributed by atoms with Gasteiger partial charge >= 0.3 is 0 Å². The van der Waals surface area contributed by atoms with Crippen molar-refractivity contribution in [2.75, 3.05) is 6.54 Å². The molecule has 0 aliphatic heterocycles. The summed E-state index contributed by atoms with van der Waals surface area (Å²) in [5.41, 5.74) is 0. The highest BCUT2D eigenvalue weighted by molar-refractivity contribution is 5.75. The predicted octanol–water partition coefficient (Wildman–Crippen LogP) is 1.71. The molecule has 1 N–H and O–H groups in total. The Hall–Kier alpha value is -1.41. The van der Waals surface area contributed by atoms with Gasteiger partial charge in [0.25, 0.3) is 0 Å². The second-order valence-electron chi connectivity index (χ2n) is 3.07. The van der Waals surface area contributed by atoms with Gasteiger partial charge in [-0.3, -0.25) is 4.79 Å². The fourth-order valence-corrected chi connectivity index (χ4v) is 1.02. The summed E-state index contributed by atoms with van der Waals surface area (Å²) in [6, 6.07) is 0. The largest absolute Gasteiger partial charge is 0.356 e. The predicted molar refractivity (Wildman–Crippen MR) is 58.4 cm³/mol. The van der Waals surface area contributed by atoms with Gasteiger partial charge in [0.1, 0.15) is 0 Å². The first kappa shape index (κ1) is 12.6. The van der Waals surface area contributed by atoms with Crippen molar-refractivity contribution in [2.45, 2.75) is 38.5 Å². The average Bonchev–Trinajstić information content (AvgIpc) is 2.19. The fraction of sp³-hybridized carbons (Fsp3) is 0.583. The maximum absolute atomic E-state index is 11.2. The highest BCUT2D eigenvalue weighted by atomic mass is 16.1. The first-order valence-corrected chi connectivity index (χ1v) is 4.95. The number of rotatable bonds is 7. The molecule has 0 aromatic rings. The number of carbonyl (C=O) groups excluding carboxylic acids is 1. The minimum absolute atomic E-state index is 0.0963. The van der Waals surface area contributed by atoms with Crippen molar-refractivity contribution in [3.63, 3.8) is 0 Å². The van der Waals surface area contributed by atoms with E-state index in [4.69, 9.17) is 12.8 Å². The number of hydrogen-bond donors (Lipinski definition) is 1. The topological polar surface area (TPSA) is 29.1 Å². The second-order valence-corrected chi connectivity index (χ2v) is 3.07. The first-order valence-electron chi connectivity index (χ1n) is 4.95. The smallest absolute Gasteiger partial charge is 0.219 e. The molecule has 1 amide bonds. The molecule has 76 valence electrons. The van der Waals surface area contributed by atoms with E-state index in [1.54, 1.807) is 0 Å². The molecule has 0 saturated heterocycles. The van der Waals surface area contributed by atoms with Gasteiger partial charge in [-0.25, -0.2) is 0 Å². The molecular formula is C12H17NO. The quantitative estimate of drug-likeness (QED) is 0.481. The summed E-state index contributed by atoms with van der Waals surface area (Å²) in [6.07, 6.45) is 14.9. The van der Waals surface area contributed by atoms with E-state index in [9.17, 15) is 4.79 Å². The Bertz CT molecular complexity index is 208. The zero-order valence-electron chi connectivity index (χ0n) is 8.51. The third-order valence-electron chi connectivity index (χ3n) is 1.80. The zero-order valence-corrected chi connectivity index (χ0v) is 8.51. The molecule has 0 bridgehead atoms. The normalized spacial score (nSPS) is 8.71. The molecule has 0 rings (SSSR count). The maximum Gasteiger partial charge on any atom is 0.219 e. The van der Waals surface area contributed by atoms with Gasteiger partial charge in [-0.15, -0.1) is 24.7 Å². The molecule has 0 radical (unpaired) electrons. The summed E-state index contributed by atoms with van der Waals surface area (Å²) in [4.78, 5) is 11.2. The number of amides is 1. The van der Waals surface area contributed by atoms with Crippen LogP contribution in [0.3, 0.4) is 0 Å². The molecule has 2 heteroatoms. The highest BCUT2D eigenvalue weighted by Crippen LogP contribution is 1.98. The molecule has 0 saturated carbocycles. The van der Waals surface area contributed by atoms with Crippen LogP contribution in [0, 0.1) is 24.7 Å². The minimum atomic E-state index is 0.0963. The molecule has 0 spiro atoms. The summed E-state index contributed by atoms with van der Waals surface area (Å²) in [5, 5.41) is 2.81. The molecule has 0 heterocycles. The zero-order chi connectivity index (χ0) is 10.6. The van der Waals surface area contributed by atoms with Crippen molar-refractivity contribution >= 4 is 5.91 Å². The van der Waals surface area contributed by atoms with E-state index in [-0.39, 0.29) is 5.91 Å². The van der Waals surface area contributed by atoms with Gasteiger partial charge in [0.15, 0.2) is 0 Å². The number of unbranched alkanes of at least 4 members (excludes halogenated alkanes) is 3. The summed E-state index contributed by atoms with van der Waals surface area (Å²) >= 11 is 0. The lowest BCUT2D eigenvalue weighted by atomic mass is 10.2.